The lowest BCUT2D eigenvalue weighted by Gasteiger charge is -2.30. The quantitative estimate of drug-likeness (QED) is 0.774. The molecule has 0 spiro atoms. The van der Waals surface area contributed by atoms with Gasteiger partial charge in [-0.05, 0) is 55.4 Å². The third-order valence-corrected chi connectivity index (χ3v) is 4.41. The first-order valence-electron chi connectivity index (χ1n) is 7.67. The zero-order valence-corrected chi connectivity index (χ0v) is 12.6. The topological polar surface area (TPSA) is 12.0 Å². The SMILES string of the molecule is C=C(C)c1ccc(NC2CCCCC2C)cc1CC. The van der Waals surface area contributed by atoms with Crippen molar-refractivity contribution in [3.05, 3.63) is 35.9 Å². The molecule has 0 bridgehead atoms. The van der Waals surface area contributed by atoms with Crippen molar-refractivity contribution in [2.75, 3.05) is 5.32 Å². The number of allylic oxidation sites excluding steroid dienone is 1. The molecule has 1 fully saturated rings. The molecule has 2 atom stereocenters. The Morgan fingerprint density at radius 1 is 1.32 bits per heavy atom. The summed E-state index contributed by atoms with van der Waals surface area (Å²) in [5, 5.41) is 3.74. The summed E-state index contributed by atoms with van der Waals surface area (Å²) in [6.45, 7) is 10.8. The zero-order chi connectivity index (χ0) is 13.8. The third kappa shape index (κ3) is 3.40. The Morgan fingerprint density at radius 3 is 2.68 bits per heavy atom. The maximum atomic E-state index is 4.07. The van der Waals surface area contributed by atoms with Crippen LogP contribution >= 0.6 is 0 Å². The highest BCUT2D eigenvalue weighted by atomic mass is 14.9. The van der Waals surface area contributed by atoms with Crippen LogP contribution in [0.15, 0.2) is 24.8 Å². The van der Waals surface area contributed by atoms with E-state index in [1.807, 2.05) is 0 Å². The molecule has 1 aliphatic carbocycles. The van der Waals surface area contributed by atoms with E-state index in [9.17, 15) is 0 Å². The fourth-order valence-corrected chi connectivity index (χ4v) is 3.14. The van der Waals surface area contributed by atoms with Gasteiger partial charge in [0.25, 0.3) is 0 Å². The minimum atomic E-state index is 0.647. The molecule has 1 aliphatic rings. The zero-order valence-electron chi connectivity index (χ0n) is 12.6. The maximum absolute atomic E-state index is 4.07. The molecule has 19 heavy (non-hydrogen) atoms. The van der Waals surface area contributed by atoms with Gasteiger partial charge in [0.15, 0.2) is 0 Å². The van der Waals surface area contributed by atoms with Gasteiger partial charge >= 0.3 is 0 Å². The lowest BCUT2D eigenvalue weighted by Crippen LogP contribution is -2.30. The number of anilines is 1. The average molecular weight is 257 g/mol. The van der Waals surface area contributed by atoms with Crippen LogP contribution in [0.1, 0.15) is 57.6 Å². The Kier molecular flexibility index (Phi) is 4.68. The molecule has 1 aromatic carbocycles. The summed E-state index contributed by atoms with van der Waals surface area (Å²) in [7, 11) is 0. The van der Waals surface area contributed by atoms with Gasteiger partial charge < -0.3 is 5.32 Å². The predicted octanol–water partition coefficient (Wildman–Crippen LogP) is 5.27. The van der Waals surface area contributed by atoms with Crippen LogP contribution in [0.5, 0.6) is 0 Å². The first kappa shape index (κ1) is 14.2. The summed E-state index contributed by atoms with van der Waals surface area (Å²) >= 11 is 0. The summed E-state index contributed by atoms with van der Waals surface area (Å²) in [6, 6.07) is 7.39. The first-order valence-corrected chi connectivity index (χ1v) is 7.67. The summed E-state index contributed by atoms with van der Waals surface area (Å²) in [6.07, 6.45) is 6.51. The summed E-state index contributed by atoms with van der Waals surface area (Å²) in [4.78, 5) is 0. The molecule has 0 amide bonds. The lowest BCUT2D eigenvalue weighted by molar-refractivity contribution is 0.349. The minimum Gasteiger partial charge on any atom is -0.382 e. The summed E-state index contributed by atoms with van der Waals surface area (Å²) in [5.41, 5.74) is 5.15. The van der Waals surface area contributed by atoms with E-state index in [0.717, 1.165) is 17.9 Å². The molecule has 1 saturated carbocycles. The van der Waals surface area contributed by atoms with Crippen molar-refractivity contribution < 1.29 is 0 Å². The maximum Gasteiger partial charge on any atom is 0.0345 e. The molecule has 2 rings (SSSR count). The van der Waals surface area contributed by atoms with Crippen molar-refractivity contribution >= 4 is 11.3 Å². The van der Waals surface area contributed by atoms with Crippen LogP contribution in [0, 0.1) is 5.92 Å². The number of nitrogens with one attached hydrogen (secondary N) is 1. The first-order chi connectivity index (χ1) is 9.11. The molecular formula is C18H27N. The van der Waals surface area contributed by atoms with Crippen molar-refractivity contribution in [3.8, 4) is 0 Å². The van der Waals surface area contributed by atoms with Crippen molar-refractivity contribution in [3.63, 3.8) is 0 Å². The smallest absolute Gasteiger partial charge is 0.0345 e. The Bertz CT molecular complexity index is 447. The fraction of sp³-hybridized carbons (Fsp3) is 0.556. The summed E-state index contributed by atoms with van der Waals surface area (Å²) in [5.74, 6) is 0.791. The highest BCUT2D eigenvalue weighted by Crippen LogP contribution is 2.28. The second kappa shape index (κ2) is 6.27. The van der Waals surface area contributed by atoms with Crippen LogP contribution in [0.3, 0.4) is 0 Å². The fourth-order valence-electron chi connectivity index (χ4n) is 3.14. The Morgan fingerprint density at radius 2 is 2.05 bits per heavy atom. The molecule has 1 N–H and O–H groups in total. The van der Waals surface area contributed by atoms with Crippen molar-refractivity contribution in [1.29, 1.82) is 0 Å². The minimum absolute atomic E-state index is 0.647. The molecule has 1 nitrogen and oxygen atoms in total. The predicted molar refractivity (Wildman–Crippen MR) is 85.6 cm³/mol. The van der Waals surface area contributed by atoms with Gasteiger partial charge in [0.05, 0.1) is 0 Å². The number of aryl methyl sites for hydroxylation is 1. The van der Waals surface area contributed by atoms with E-state index in [4.69, 9.17) is 0 Å². The molecular weight excluding hydrogens is 230 g/mol. The molecule has 0 aliphatic heterocycles. The van der Waals surface area contributed by atoms with Gasteiger partial charge in [-0.15, -0.1) is 0 Å². The van der Waals surface area contributed by atoms with Crippen molar-refractivity contribution in [2.45, 2.75) is 58.9 Å². The third-order valence-electron chi connectivity index (χ3n) is 4.41. The molecule has 0 heterocycles. The van der Waals surface area contributed by atoms with Crippen LogP contribution in [0.4, 0.5) is 5.69 Å². The van der Waals surface area contributed by atoms with Gasteiger partial charge in [-0.3, -0.25) is 0 Å². The van der Waals surface area contributed by atoms with Gasteiger partial charge in [-0.1, -0.05) is 44.9 Å². The summed E-state index contributed by atoms with van der Waals surface area (Å²) < 4.78 is 0. The van der Waals surface area contributed by atoms with E-state index in [-0.39, 0.29) is 0 Å². The largest absolute Gasteiger partial charge is 0.382 e. The van der Waals surface area contributed by atoms with E-state index < -0.39 is 0 Å². The molecule has 1 heteroatoms. The Hall–Kier alpha value is -1.24. The molecule has 0 saturated heterocycles. The Balaban J connectivity index is 2.14. The highest BCUT2D eigenvalue weighted by Gasteiger charge is 2.21. The van der Waals surface area contributed by atoms with E-state index in [1.165, 1.54) is 42.5 Å². The highest BCUT2D eigenvalue weighted by molar-refractivity contribution is 5.67. The monoisotopic (exact) mass is 257 g/mol. The number of benzene rings is 1. The van der Waals surface area contributed by atoms with E-state index in [1.54, 1.807) is 0 Å². The van der Waals surface area contributed by atoms with Crippen LogP contribution < -0.4 is 5.32 Å². The second-order valence-electron chi connectivity index (χ2n) is 6.02. The van der Waals surface area contributed by atoms with Crippen LogP contribution in [0.2, 0.25) is 0 Å². The van der Waals surface area contributed by atoms with Gasteiger partial charge in [0.2, 0.25) is 0 Å². The van der Waals surface area contributed by atoms with Crippen molar-refractivity contribution in [1.82, 2.24) is 0 Å². The number of rotatable bonds is 4. The van der Waals surface area contributed by atoms with E-state index in [0.29, 0.717) is 6.04 Å². The van der Waals surface area contributed by atoms with Crippen LogP contribution in [-0.4, -0.2) is 6.04 Å². The number of hydrogen-bond donors (Lipinski definition) is 1. The Labute approximate surface area is 118 Å². The lowest BCUT2D eigenvalue weighted by atomic mass is 9.85. The molecule has 0 radical (unpaired) electrons. The molecule has 2 unspecified atom stereocenters. The number of hydrogen-bond acceptors (Lipinski definition) is 1. The van der Waals surface area contributed by atoms with Crippen molar-refractivity contribution in [2.24, 2.45) is 5.92 Å². The molecule has 1 aromatic rings. The van der Waals surface area contributed by atoms with E-state index >= 15 is 0 Å². The van der Waals surface area contributed by atoms with Crippen LogP contribution in [-0.2, 0) is 6.42 Å². The van der Waals surface area contributed by atoms with Gasteiger partial charge in [0, 0.05) is 11.7 Å². The molecule has 104 valence electrons. The average Bonchev–Trinajstić information content (AvgIpc) is 2.41. The normalized spacial score (nSPS) is 23.1. The molecule has 0 aromatic heterocycles. The second-order valence-corrected chi connectivity index (χ2v) is 6.02. The van der Waals surface area contributed by atoms with Crippen LogP contribution in [0.25, 0.3) is 5.57 Å². The van der Waals surface area contributed by atoms with Gasteiger partial charge in [0.1, 0.15) is 0 Å². The van der Waals surface area contributed by atoms with E-state index in [2.05, 4.69) is 50.9 Å². The van der Waals surface area contributed by atoms with Gasteiger partial charge in [-0.2, -0.15) is 0 Å². The van der Waals surface area contributed by atoms with Gasteiger partial charge in [-0.25, -0.2) is 0 Å². The standard InChI is InChI=1S/C18H27N/c1-5-15-12-16(10-11-17(15)13(2)3)19-18-9-7-6-8-14(18)4/h10-12,14,18-19H,2,5-9H2,1,3-4H3.